The van der Waals surface area contributed by atoms with Gasteiger partial charge in [0.1, 0.15) is 11.6 Å². The molecule has 0 saturated carbocycles. The van der Waals surface area contributed by atoms with Gasteiger partial charge in [0.05, 0.1) is 13.5 Å². The number of hydrogen-bond donors (Lipinski definition) is 0. The first-order valence-electron chi connectivity index (χ1n) is 9.86. The van der Waals surface area contributed by atoms with Crippen LogP contribution in [0.1, 0.15) is 11.5 Å². The van der Waals surface area contributed by atoms with Crippen molar-refractivity contribution in [2.45, 2.75) is 12.6 Å². The van der Waals surface area contributed by atoms with Gasteiger partial charge in [-0.3, -0.25) is 4.79 Å². The third-order valence-electron chi connectivity index (χ3n) is 5.12. The van der Waals surface area contributed by atoms with E-state index in [9.17, 15) is 18.0 Å². The summed E-state index contributed by atoms with van der Waals surface area (Å²) < 4.78 is 47.3. The van der Waals surface area contributed by atoms with Crippen molar-refractivity contribution in [2.75, 3.05) is 38.2 Å². The Morgan fingerprint density at radius 1 is 1.16 bits per heavy atom. The lowest BCUT2D eigenvalue weighted by Crippen LogP contribution is -2.49. The molecule has 0 spiro atoms. The SMILES string of the molecule is COc1cccc(CC(=O)N2CCN(c3ccc(-c4noc(C(F)(F)F)n4)cn3)CC2)c1. The number of benzene rings is 1. The summed E-state index contributed by atoms with van der Waals surface area (Å²) in [5, 5.41) is 3.36. The summed E-state index contributed by atoms with van der Waals surface area (Å²) in [4.78, 5) is 24.1. The second-order valence-electron chi connectivity index (χ2n) is 7.22. The molecule has 0 radical (unpaired) electrons. The maximum Gasteiger partial charge on any atom is 0.471 e. The first-order valence-corrected chi connectivity index (χ1v) is 9.86. The minimum absolute atomic E-state index is 0.0405. The van der Waals surface area contributed by atoms with Crippen molar-refractivity contribution >= 4 is 11.7 Å². The van der Waals surface area contributed by atoms with E-state index in [0.29, 0.717) is 49.7 Å². The molecule has 1 aliphatic rings. The highest BCUT2D eigenvalue weighted by Crippen LogP contribution is 2.29. The number of aromatic nitrogens is 3. The molecule has 0 atom stereocenters. The van der Waals surface area contributed by atoms with Gasteiger partial charge in [0.25, 0.3) is 0 Å². The summed E-state index contributed by atoms with van der Waals surface area (Å²) >= 11 is 0. The lowest BCUT2D eigenvalue weighted by Gasteiger charge is -2.35. The van der Waals surface area contributed by atoms with E-state index in [2.05, 4.69) is 19.6 Å². The summed E-state index contributed by atoms with van der Waals surface area (Å²) in [5.41, 5.74) is 1.21. The number of piperazine rings is 1. The number of anilines is 1. The first kappa shape index (κ1) is 21.6. The highest BCUT2D eigenvalue weighted by atomic mass is 19.4. The number of hydrogen-bond acceptors (Lipinski definition) is 7. The average Bonchev–Trinajstić information content (AvgIpc) is 3.30. The van der Waals surface area contributed by atoms with Crippen LogP contribution >= 0.6 is 0 Å². The number of amides is 1. The second-order valence-corrected chi connectivity index (χ2v) is 7.22. The molecule has 11 heteroatoms. The van der Waals surface area contributed by atoms with Crippen LogP contribution in [-0.4, -0.2) is 59.2 Å². The van der Waals surface area contributed by atoms with E-state index in [0.717, 1.165) is 5.56 Å². The molecule has 3 aromatic rings. The minimum Gasteiger partial charge on any atom is -0.497 e. The van der Waals surface area contributed by atoms with Crippen LogP contribution in [0.2, 0.25) is 0 Å². The van der Waals surface area contributed by atoms with Gasteiger partial charge in [-0.25, -0.2) is 4.98 Å². The number of ether oxygens (including phenoxy) is 1. The van der Waals surface area contributed by atoms with Crippen molar-refractivity contribution in [1.29, 1.82) is 0 Å². The fourth-order valence-electron chi connectivity index (χ4n) is 3.42. The summed E-state index contributed by atoms with van der Waals surface area (Å²) in [6.07, 6.45) is -2.99. The van der Waals surface area contributed by atoms with E-state index in [1.807, 2.05) is 34.1 Å². The van der Waals surface area contributed by atoms with Crippen molar-refractivity contribution in [3.05, 3.63) is 54.0 Å². The number of rotatable bonds is 5. The molecule has 0 bridgehead atoms. The highest BCUT2D eigenvalue weighted by Gasteiger charge is 2.38. The molecule has 0 N–H and O–H groups in total. The molecule has 0 unspecified atom stereocenters. The van der Waals surface area contributed by atoms with Gasteiger partial charge in [0.2, 0.25) is 11.7 Å². The summed E-state index contributed by atoms with van der Waals surface area (Å²) in [6.45, 7) is 2.28. The Labute approximate surface area is 181 Å². The molecule has 1 aromatic carbocycles. The number of carbonyl (C=O) groups is 1. The molecular formula is C21H20F3N5O3. The van der Waals surface area contributed by atoms with Crippen molar-refractivity contribution in [1.82, 2.24) is 20.0 Å². The van der Waals surface area contributed by atoms with Gasteiger partial charge in [0, 0.05) is 37.9 Å². The van der Waals surface area contributed by atoms with Crippen molar-refractivity contribution < 1.29 is 27.2 Å². The Hall–Kier alpha value is -3.63. The van der Waals surface area contributed by atoms with Gasteiger partial charge >= 0.3 is 12.1 Å². The van der Waals surface area contributed by atoms with Crippen LogP contribution in [0.25, 0.3) is 11.4 Å². The fraction of sp³-hybridized carbons (Fsp3) is 0.333. The number of alkyl halides is 3. The van der Waals surface area contributed by atoms with Crippen LogP contribution in [0.3, 0.4) is 0 Å². The van der Waals surface area contributed by atoms with Crippen LogP contribution in [0.5, 0.6) is 5.75 Å². The molecule has 1 amide bonds. The van der Waals surface area contributed by atoms with Gasteiger partial charge < -0.3 is 19.1 Å². The van der Waals surface area contributed by atoms with Crippen LogP contribution in [0, 0.1) is 0 Å². The Morgan fingerprint density at radius 3 is 2.56 bits per heavy atom. The van der Waals surface area contributed by atoms with Crippen LogP contribution in [0.15, 0.2) is 47.1 Å². The third-order valence-corrected chi connectivity index (χ3v) is 5.12. The highest BCUT2D eigenvalue weighted by molar-refractivity contribution is 5.79. The Kier molecular flexibility index (Phi) is 5.97. The first-order chi connectivity index (χ1) is 15.3. The molecular weight excluding hydrogens is 427 g/mol. The van der Waals surface area contributed by atoms with Gasteiger partial charge in [-0.2, -0.15) is 18.2 Å². The standard InChI is InChI=1S/C21H20F3N5O3/c1-31-16-4-2-3-14(11-16)12-18(30)29-9-7-28(8-10-29)17-6-5-15(13-25-17)19-26-20(32-27-19)21(22,23)24/h2-6,11,13H,7-10,12H2,1H3. The smallest absolute Gasteiger partial charge is 0.471 e. The zero-order valence-corrected chi connectivity index (χ0v) is 17.2. The summed E-state index contributed by atoms with van der Waals surface area (Å²) in [5.74, 6) is -0.160. The minimum atomic E-state index is -4.69. The monoisotopic (exact) mass is 447 g/mol. The van der Waals surface area contributed by atoms with E-state index in [1.165, 1.54) is 6.20 Å². The Morgan fingerprint density at radius 2 is 1.94 bits per heavy atom. The fourth-order valence-corrected chi connectivity index (χ4v) is 3.42. The van der Waals surface area contributed by atoms with Crippen LogP contribution in [0.4, 0.5) is 19.0 Å². The Balaban J connectivity index is 1.34. The molecule has 3 heterocycles. The molecule has 2 aromatic heterocycles. The maximum atomic E-state index is 12.6. The molecule has 32 heavy (non-hydrogen) atoms. The van der Waals surface area contributed by atoms with Crippen molar-refractivity contribution in [3.8, 4) is 17.1 Å². The van der Waals surface area contributed by atoms with E-state index in [-0.39, 0.29) is 11.7 Å². The largest absolute Gasteiger partial charge is 0.497 e. The van der Waals surface area contributed by atoms with E-state index >= 15 is 0 Å². The molecule has 4 rings (SSSR count). The summed E-state index contributed by atoms with van der Waals surface area (Å²) in [7, 11) is 1.59. The number of nitrogens with zero attached hydrogens (tertiary/aromatic N) is 5. The molecule has 1 saturated heterocycles. The molecule has 0 aliphatic carbocycles. The quantitative estimate of drug-likeness (QED) is 0.594. The van der Waals surface area contributed by atoms with Gasteiger partial charge in [-0.15, -0.1) is 0 Å². The summed E-state index contributed by atoms with van der Waals surface area (Å²) in [6, 6.07) is 10.7. The van der Waals surface area contributed by atoms with Crippen LogP contribution < -0.4 is 9.64 Å². The third kappa shape index (κ3) is 4.82. The number of halogens is 3. The van der Waals surface area contributed by atoms with Gasteiger partial charge in [-0.05, 0) is 29.8 Å². The van der Waals surface area contributed by atoms with E-state index < -0.39 is 12.1 Å². The molecule has 1 aliphatic heterocycles. The lowest BCUT2D eigenvalue weighted by atomic mass is 10.1. The van der Waals surface area contributed by atoms with E-state index in [1.54, 1.807) is 19.2 Å². The average molecular weight is 447 g/mol. The molecule has 8 nitrogen and oxygen atoms in total. The molecule has 1 fully saturated rings. The number of carbonyl (C=O) groups excluding carboxylic acids is 1. The normalized spacial score (nSPS) is 14.5. The maximum absolute atomic E-state index is 12.6. The van der Waals surface area contributed by atoms with Crippen molar-refractivity contribution in [2.24, 2.45) is 0 Å². The number of methoxy groups -OCH3 is 1. The molecule has 168 valence electrons. The second kappa shape index (κ2) is 8.85. The zero-order valence-electron chi connectivity index (χ0n) is 17.2. The number of pyridine rings is 1. The van der Waals surface area contributed by atoms with Gasteiger partial charge in [0.15, 0.2) is 0 Å². The van der Waals surface area contributed by atoms with Gasteiger partial charge in [-0.1, -0.05) is 17.3 Å². The Bertz CT molecular complexity index is 1080. The topological polar surface area (TPSA) is 84.6 Å². The predicted molar refractivity (Wildman–Crippen MR) is 108 cm³/mol. The van der Waals surface area contributed by atoms with Crippen LogP contribution in [-0.2, 0) is 17.4 Å². The lowest BCUT2D eigenvalue weighted by molar-refractivity contribution is -0.159. The zero-order chi connectivity index (χ0) is 22.7. The van der Waals surface area contributed by atoms with Crippen molar-refractivity contribution in [3.63, 3.8) is 0 Å². The predicted octanol–water partition coefficient (Wildman–Crippen LogP) is 3.05. The van der Waals surface area contributed by atoms with E-state index in [4.69, 9.17) is 4.74 Å².